The van der Waals surface area contributed by atoms with Gasteiger partial charge in [0.15, 0.2) is 8.68 Å². The fourth-order valence-electron chi connectivity index (χ4n) is 2.39. The quantitative estimate of drug-likeness (QED) is 0.585. The molecular weight excluding hydrogens is 404 g/mol. The molecule has 0 atom stereocenters. The average molecular weight is 425 g/mol. The van der Waals surface area contributed by atoms with Gasteiger partial charge >= 0.3 is 0 Å². The van der Waals surface area contributed by atoms with E-state index in [1.165, 1.54) is 34.9 Å². The van der Waals surface area contributed by atoms with Crippen LogP contribution in [-0.2, 0) is 16.1 Å². The number of primary amides is 1. The Morgan fingerprint density at radius 2 is 1.81 bits per heavy atom. The lowest BCUT2D eigenvalue weighted by Crippen LogP contribution is -2.33. The number of rotatable bonds is 10. The predicted octanol–water partition coefficient (Wildman–Crippen LogP) is 2.41. The van der Waals surface area contributed by atoms with Crippen LogP contribution in [0, 0.1) is 0 Å². The number of hydrogen-bond acceptors (Lipinski definition) is 8. The molecule has 10 heteroatoms. The number of thioether (sulfide) groups is 2. The largest absolute Gasteiger partial charge is 0.497 e. The minimum atomic E-state index is -0.391. The molecule has 1 saturated carbocycles. The van der Waals surface area contributed by atoms with Gasteiger partial charge in [-0.15, -0.1) is 10.2 Å². The van der Waals surface area contributed by atoms with Crippen LogP contribution in [0.4, 0.5) is 0 Å². The molecule has 0 spiro atoms. The lowest BCUT2D eigenvalue weighted by molar-refractivity contribution is -0.129. The number of methoxy groups -OCH3 is 1. The molecule has 0 bridgehead atoms. The first kappa shape index (κ1) is 20.0. The van der Waals surface area contributed by atoms with Crippen LogP contribution in [0.2, 0.25) is 0 Å². The minimum absolute atomic E-state index is 0.0971. The van der Waals surface area contributed by atoms with Gasteiger partial charge < -0.3 is 15.4 Å². The Hall–Kier alpha value is -1.78. The number of carbonyl (C=O) groups excluding carboxylic acids is 2. The number of nitrogens with two attached hydrogens (primary N) is 1. The highest BCUT2D eigenvalue weighted by atomic mass is 32.2. The first-order valence-electron chi connectivity index (χ1n) is 8.35. The van der Waals surface area contributed by atoms with E-state index in [1.807, 2.05) is 29.2 Å². The third-order valence-electron chi connectivity index (χ3n) is 3.86. The number of benzene rings is 1. The van der Waals surface area contributed by atoms with Crippen molar-refractivity contribution >= 4 is 46.7 Å². The Kier molecular flexibility index (Phi) is 6.97. The van der Waals surface area contributed by atoms with E-state index in [9.17, 15) is 9.59 Å². The maximum absolute atomic E-state index is 12.7. The molecule has 27 heavy (non-hydrogen) atoms. The first-order valence-corrected chi connectivity index (χ1v) is 11.1. The van der Waals surface area contributed by atoms with E-state index in [0.29, 0.717) is 22.7 Å². The number of nitrogens with zero attached hydrogens (tertiary/aromatic N) is 3. The topological polar surface area (TPSA) is 98.4 Å². The molecule has 0 aliphatic heterocycles. The lowest BCUT2D eigenvalue weighted by atomic mass is 10.2. The maximum atomic E-state index is 12.7. The van der Waals surface area contributed by atoms with Crippen LogP contribution >= 0.6 is 34.9 Å². The van der Waals surface area contributed by atoms with Crippen molar-refractivity contribution in [3.63, 3.8) is 0 Å². The van der Waals surface area contributed by atoms with Gasteiger partial charge in [0, 0.05) is 12.6 Å². The molecule has 2 aromatic rings. The van der Waals surface area contributed by atoms with Crippen LogP contribution in [0.25, 0.3) is 0 Å². The highest BCUT2D eigenvalue weighted by Crippen LogP contribution is 2.32. The van der Waals surface area contributed by atoms with E-state index < -0.39 is 5.91 Å². The van der Waals surface area contributed by atoms with Crippen LogP contribution in [0.3, 0.4) is 0 Å². The Morgan fingerprint density at radius 3 is 2.37 bits per heavy atom. The van der Waals surface area contributed by atoms with Crippen molar-refractivity contribution < 1.29 is 14.3 Å². The molecule has 2 amide bonds. The van der Waals surface area contributed by atoms with Crippen LogP contribution in [-0.4, -0.2) is 51.6 Å². The normalized spacial score (nSPS) is 13.4. The standard InChI is InChI=1S/C17H20N4O3S3/c1-24-13-6-2-11(3-7-13)8-21(12-4-5-12)15(23)10-26-17-20-19-16(27-17)25-9-14(18)22/h2-3,6-7,12H,4-5,8-10H2,1H3,(H2,18,22). The number of hydrogen-bond donors (Lipinski definition) is 1. The molecule has 1 fully saturated rings. The van der Waals surface area contributed by atoms with Crippen LogP contribution < -0.4 is 10.5 Å². The number of amides is 2. The molecular formula is C17H20N4O3S3. The molecule has 144 valence electrons. The fourth-order valence-corrected chi connectivity index (χ4v) is 5.03. The molecule has 7 nitrogen and oxygen atoms in total. The molecule has 1 heterocycles. The molecule has 0 unspecified atom stereocenters. The highest BCUT2D eigenvalue weighted by molar-refractivity contribution is 8.03. The van der Waals surface area contributed by atoms with Gasteiger partial charge in [0.2, 0.25) is 11.8 Å². The Morgan fingerprint density at radius 1 is 1.19 bits per heavy atom. The zero-order valence-electron chi connectivity index (χ0n) is 14.8. The van der Waals surface area contributed by atoms with Crippen LogP contribution in [0.1, 0.15) is 18.4 Å². The first-order chi connectivity index (χ1) is 13.0. The van der Waals surface area contributed by atoms with Gasteiger partial charge in [-0.25, -0.2) is 0 Å². The summed E-state index contributed by atoms with van der Waals surface area (Å²) in [4.78, 5) is 25.5. The van der Waals surface area contributed by atoms with Crippen molar-refractivity contribution in [3.8, 4) is 5.75 Å². The van der Waals surface area contributed by atoms with Crippen LogP contribution in [0.5, 0.6) is 5.75 Å². The predicted molar refractivity (Wildman–Crippen MR) is 107 cm³/mol. The fraction of sp³-hybridized carbons (Fsp3) is 0.412. The van der Waals surface area contributed by atoms with Gasteiger partial charge in [0.1, 0.15) is 5.75 Å². The van der Waals surface area contributed by atoms with Crippen molar-refractivity contribution in [1.82, 2.24) is 15.1 Å². The molecule has 1 aliphatic rings. The van der Waals surface area contributed by atoms with E-state index in [-0.39, 0.29) is 11.7 Å². The molecule has 0 saturated heterocycles. The van der Waals surface area contributed by atoms with Crippen molar-refractivity contribution in [2.24, 2.45) is 5.73 Å². The van der Waals surface area contributed by atoms with Crippen LogP contribution in [0.15, 0.2) is 32.9 Å². The monoisotopic (exact) mass is 424 g/mol. The van der Waals surface area contributed by atoms with Gasteiger partial charge in [-0.05, 0) is 30.5 Å². The number of carbonyl (C=O) groups is 2. The van der Waals surface area contributed by atoms with E-state index in [0.717, 1.165) is 28.5 Å². The third-order valence-corrected chi connectivity index (χ3v) is 7.06. The zero-order chi connectivity index (χ0) is 19.2. The molecule has 0 radical (unpaired) electrons. The Balaban J connectivity index is 1.53. The molecule has 1 aliphatic carbocycles. The molecule has 1 aromatic carbocycles. The summed E-state index contributed by atoms with van der Waals surface area (Å²) in [5.74, 6) is 1.01. The van der Waals surface area contributed by atoms with Gasteiger partial charge in [-0.1, -0.05) is 47.0 Å². The summed E-state index contributed by atoms with van der Waals surface area (Å²) < 4.78 is 6.58. The summed E-state index contributed by atoms with van der Waals surface area (Å²) in [7, 11) is 1.64. The summed E-state index contributed by atoms with van der Waals surface area (Å²) in [6.07, 6.45) is 2.11. The van der Waals surface area contributed by atoms with Gasteiger partial charge in [0.05, 0.1) is 18.6 Å². The summed E-state index contributed by atoms with van der Waals surface area (Å²) in [5.41, 5.74) is 6.21. The Bertz CT molecular complexity index is 793. The number of ether oxygens (including phenoxy) is 1. The molecule has 1 aromatic heterocycles. The number of aromatic nitrogens is 2. The molecule has 3 rings (SSSR count). The van der Waals surface area contributed by atoms with Crippen molar-refractivity contribution in [2.45, 2.75) is 34.1 Å². The zero-order valence-corrected chi connectivity index (χ0v) is 17.2. The Labute approximate surface area is 170 Å². The summed E-state index contributed by atoms with van der Waals surface area (Å²) in [6.45, 7) is 0.601. The summed E-state index contributed by atoms with van der Waals surface area (Å²) >= 11 is 4.01. The minimum Gasteiger partial charge on any atom is -0.497 e. The average Bonchev–Trinajstić information content (AvgIpc) is 3.41. The smallest absolute Gasteiger partial charge is 0.233 e. The third kappa shape index (κ3) is 6.12. The van der Waals surface area contributed by atoms with Gasteiger partial charge in [-0.3, -0.25) is 9.59 Å². The highest BCUT2D eigenvalue weighted by Gasteiger charge is 2.32. The second-order valence-corrected chi connectivity index (χ2v) is 9.40. The summed E-state index contributed by atoms with van der Waals surface area (Å²) in [6, 6.07) is 8.12. The second kappa shape index (κ2) is 9.43. The second-order valence-electron chi connectivity index (χ2n) is 5.98. The van der Waals surface area contributed by atoms with E-state index in [1.54, 1.807) is 7.11 Å². The van der Waals surface area contributed by atoms with Crippen molar-refractivity contribution in [2.75, 3.05) is 18.6 Å². The van der Waals surface area contributed by atoms with E-state index in [4.69, 9.17) is 10.5 Å². The van der Waals surface area contributed by atoms with Crippen molar-refractivity contribution in [3.05, 3.63) is 29.8 Å². The maximum Gasteiger partial charge on any atom is 0.233 e. The van der Waals surface area contributed by atoms with E-state index >= 15 is 0 Å². The van der Waals surface area contributed by atoms with Crippen molar-refractivity contribution in [1.29, 1.82) is 0 Å². The van der Waals surface area contributed by atoms with E-state index in [2.05, 4.69) is 10.2 Å². The summed E-state index contributed by atoms with van der Waals surface area (Å²) in [5, 5.41) is 8.07. The molecule has 2 N–H and O–H groups in total. The SMILES string of the molecule is COc1ccc(CN(C(=O)CSc2nnc(SCC(N)=O)s2)C2CC2)cc1. The van der Waals surface area contributed by atoms with Gasteiger partial charge in [-0.2, -0.15) is 0 Å². The van der Waals surface area contributed by atoms with Gasteiger partial charge in [0.25, 0.3) is 0 Å². The lowest BCUT2D eigenvalue weighted by Gasteiger charge is -2.22.